The van der Waals surface area contributed by atoms with Gasteiger partial charge in [0.15, 0.2) is 5.82 Å². The van der Waals surface area contributed by atoms with E-state index < -0.39 is 5.67 Å². The van der Waals surface area contributed by atoms with Gasteiger partial charge in [0.1, 0.15) is 17.4 Å². The summed E-state index contributed by atoms with van der Waals surface area (Å²) < 4.78 is 20.2. The monoisotopic (exact) mass is 551 g/mol. The Bertz CT molecular complexity index is 1540. The first-order chi connectivity index (χ1) is 19.8. The molecule has 210 valence electrons. The van der Waals surface area contributed by atoms with Crippen molar-refractivity contribution in [3.63, 3.8) is 0 Å². The third kappa shape index (κ3) is 4.19. The number of pyridine rings is 1. The van der Waals surface area contributed by atoms with Crippen LogP contribution in [-0.2, 0) is 10.2 Å². The lowest BCUT2D eigenvalue weighted by atomic mass is 9.41. The van der Waals surface area contributed by atoms with Crippen LogP contribution in [0.25, 0.3) is 11.3 Å². The second kappa shape index (κ2) is 8.70. The number of amides is 1. The van der Waals surface area contributed by atoms with E-state index in [1.54, 1.807) is 6.07 Å². The van der Waals surface area contributed by atoms with Gasteiger partial charge in [0.25, 0.3) is 0 Å². The Hall–Kier alpha value is -3.60. The summed E-state index contributed by atoms with van der Waals surface area (Å²) in [6.07, 6.45) is 10.3. The zero-order chi connectivity index (χ0) is 27.9. The van der Waals surface area contributed by atoms with Gasteiger partial charge in [0.05, 0.1) is 5.69 Å². The van der Waals surface area contributed by atoms with E-state index in [1.807, 2.05) is 41.3 Å². The zero-order valence-corrected chi connectivity index (χ0v) is 23.2. The van der Waals surface area contributed by atoms with E-state index in [9.17, 15) is 14.4 Å². The number of aromatic nitrogens is 3. The topological polar surface area (TPSA) is 95.9 Å². The van der Waals surface area contributed by atoms with Crippen molar-refractivity contribution >= 4 is 11.6 Å². The lowest BCUT2D eigenvalue weighted by Crippen LogP contribution is -2.65. The van der Waals surface area contributed by atoms with Crippen molar-refractivity contribution in [2.24, 2.45) is 10.8 Å². The summed E-state index contributed by atoms with van der Waals surface area (Å²) in [6, 6.07) is 15.5. The molecule has 7 aliphatic carbocycles. The molecule has 1 aromatic carbocycles. The fourth-order valence-electron chi connectivity index (χ4n) is 8.39. The molecule has 0 radical (unpaired) electrons. The van der Waals surface area contributed by atoms with Gasteiger partial charge >= 0.3 is 0 Å². The van der Waals surface area contributed by atoms with Gasteiger partial charge < -0.3 is 9.42 Å². The number of benzene rings is 1. The molecule has 0 N–H and O–H groups in total. The third-order valence-electron chi connectivity index (χ3n) is 11.0. The summed E-state index contributed by atoms with van der Waals surface area (Å²) in [5, 5.41) is 13.6. The summed E-state index contributed by atoms with van der Waals surface area (Å²) in [5.41, 5.74) is 1.61. The standard InChI is InChI=1S/C33H34FN5O2/c34-33-18-31(19-33,20-33)16-27(40)39(25-5-1-3-23(15-25)26-6-2-4-24(17-35)36-26)21-30-9-12-32(13-10-30,14-11-30)29-37-28(38-41-29)22-7-8-22/h1-6,15,22H,7-14,16,18-21H2. The fourth-order valence-corrected chi connectivity index (χ4v) is 8.39. The summed E-state index contributed by atoms with van der Waals surface area (Å²) in [4.78, 5) is 25.4. The number of halogens is 1. The minimum Gasteiger partial charge on any atom is -0.339 e. The first-order valence-corrected chi connectivity index (χ1v) is 15.1. The summed E-state index contributed by atoms with van der Waals surface area (Å²) in [7, 11) is 0. The highest BCUT2D eigenvalue weighted by molar-refractivity contribution is 5.95. The second-order valence-corrected chi connectivity index (χ2v) is 13.9. The predicted octanol–water partition coefficient (Wildman–Crippen LogP) is 6.79. The molecule has 10 rings (SSSR count). The lowest BCUT2D eigenvalue weighted by molar-refractivity contribution is -0.215. The number of nitriles is 1. The maximum Gasteiger partial charge on any atom is 0.232 e. The van der Waals surface area contributed by atoms with Gasteiger partial charge in [-0.05, 0) is 106 Å². The maximum atomic E-state index is 14.3. The molecule has 41 heavy (non-hydrogen) atoms. The van der Waals surface area contributed by atoms with Crippen molar-refractivity contribution in [3.8, 4) is 17.3 Å². The number of fused-ring (bicyclic) bond motifs is 3. The number of nitrogens with zero attached hydrogens (tertiary/aromatic N) is 5. The molecule has 1 amide bonds. The van der Waals surface area contributed by atoms with Crippen LogP contribution < -0.4 is 4.90 Å². The van der Waals surface area contributed by atoms with Crippen LogP contribution in [0.3, 0.4) is 0 Å². The molecule has 0 spiro atoms. The van der Waals surface area contributed by atoms with Gasteiger partial charge in [-0.25, -0.2) is 9.37 Å². The number of carbonyl (C=O) groups is 1. The molecule has 0 unspecified atom stereocenters. The fraction of sp³-hybridized carbons (Fsp3) is 0.545. The lowest BCUT2D eigenvalue weighted by Gasteiger charge is -2.66. The normalized spacial score (nSPS) is 33.0. The summed E-state index contributed by atoms with van der Waals surface area (Å²) >= 11 is 0. The minimum atomic E-state index is -1.02. The van der Waals surface area contributed by atoms with Crippen LogP contribution in [0.4, 0.5) is 10.1 Å². The molecule has 0 aliphatic heterocycles. The van der Waals surface area contributed by atoms with Crippen molar-refractivity contribution in [3.05, 3.63) is 59.9 Å². The summed E-state index contributed by atoms with van der Waals surface area (Å²) in [5.74, 6) is 2.28. The van der Waals surface area contributed by atoms with Crippen molar-refractivity contribution in [2.45, 2.75) is 94.1 Å². The highest BCUT2D eigenvalue weighted by Gasteiger charge is 2.69. The first kappa shape index (κ1) is 25.1. The van der Waals surface area contributed by atoms with Crippen LogP contribution in [-0.4, -0.2) is 33.2 Å². The summed E-state index contributed by atoms with van der Waals surface area (Å²) in [6.45, 7) is 0.658. The molecule has 8 heteroatoms. The van der Waals surface area contributed by atoms with Gasteiger partial charge in [-0.3, -0.25) is 4.79 Å². The zero-order valence-electron chi connectivity index (χ0n) is 23.2. The van der Waals surface area contributed by atoms with Crippen LogP contribution in [0.2, 0.25) is 0 Å². The van der Waals surface area contributed by atoms with Gasteiger partial charge in [-0.15, -0.1) is 0 Å². The molecular formula is C33H34FN5O2. The molecule has 2 heterocycles. The molecule has 4 bridgehead atoms. The Kier molecular flexibility index (Phi) is 5.34. The average Bonchev–Trinajstić information content (AvgIpc) is 3.71. The van der Waals surface area contributed by atoms with Gasteiger partial charge in [0.2, 0.25) is 11.8 Å². The number of rotatable bonds is 8. The Balaban J connectivity index is 1.06. The van der Waals surface area contributed by atoms with Crippen molar-refractivity contribution in [2.75, 3.05) is 11.4 Å². The van der Waals surface area contributed by atoms with Crippen LogP contribution in [0.1, 0.15) is 100 Å². The Morgan fingerprint density at radius 3 is 2.41 bits per heavy atom. The molecule has 3 aromatic rings. The third-order valence-corrected chi connectivity index (χ3v) is 11.0. The number of hydrogen-bond acceptors (Lipinski definition) is 6. The van der Waals surface area contributed by atoms with Gasteiger partial charge in [0, 0.05) is 35.5 Å². The van der Waals surface area contributed by atoms with Gasteiger partial charge in [-0.2, -0.15) is 10.2 Å². The minimum absolute atomic E-state index is 0.0324. The number of carbonyl (C=O) groups excluding carboxylic acids is 1. The molecule has 7 saturated carbocycles. The number of alkyl halides is 1. The van der Waals surface area contributed by atoms with Crippen molar-refractivity contribution < 1.29 is 13.7 Å². The van der Waals surface area contributed by atoms with Gasteiger partial charge in [-0.1, -0.05) is 23.4 Å². The van der Waals surface area contributed by atoms with E-state index in [0.29, 0.717) is 49.5 Å². The van der Waals surface area contributed by atoms with E-state index in [1.165, 1.54) is 0 Å². The Morgan fingerprint density at radius 1 is 1.00 bits per heavy atom. The molecule has 0 atom stereocenters. The highest BCUT2D eigenvalue weighted by atomic mass is 19.1. The molecule has 0 saturated heterocycles. The first-order valence-electron chi connectivity index (χ1n) is 15.1. The molecule has 7 fully saturated rings. The van der Waals surface area contributed by atoms with E-state index in [4.69, 9.17) is 9.51 Å². The highest BCUT2D eigenvalue weighted by Crippen LogP contribution is 2.71. The molecule has 7 nitrogen and oxygen atoms in total. The van der Waals surface area contributed by atoms with Crippen LogP contribution in [0.5, 0.6) is 0 Å². The van der Waals surface area contributed by atoms with Crippen LogP contribution in [0, 0.1) is 22.2 Å². The number of anilines is 1. The van der Waals surface area contributed by atoms with E-state index in [2.05, 4.69) is 16.2 Å². The quantitative estimate of drug-likeness (QED) is 0.306. The number of hydrogen-bond donors (Lipinski definition) is 0. The maximum absolute atomic E-state index is 14.3. The molecule has 7 aliphatic rings. The van der Waals surface area contributed by atoms with Crippen molar-refractivity contribution in [1.82, 2.24) is 15.1 Å². The predicted molar refractivity (Wildman–Crippen MR) is 150 cm³/mol. The molecule has 2 aromatic heterocycles. The molecular weight excluding hydrogens is 517 g/mol. The van der Waals surface area contributed by atoms with Crippen LogP contribution >= 0.6 is 0 Å². The van der Waals surface area contributed by atoms with E-state index in [0.717, 1.165) is 74.3 Å². The Labute approximate surface area is 239 Å². The van der Waals surface area contributed by atoms with E-state index >= 15 is 0 Å². The van der Waals surface area contributed by atoms with Crippen LogP contribution in [0.15, 0.2) is 47.0 Å². The smallest absolute Gasteiger partial charge is 0.232 e. The second-order valence-electron chi connectivity index (χ2n) is 13.9. The van der Waals surface area contributed by atoms with E-state index in [-0.39, 0.29) is 22.2 Å². The average molecular weight is 552 g/mol. The van der Waals surface area contributed by atoms with Crippen molar-refractivity contribution in [1.29, 1.82) is 5.26 Å². The SMILES string of the molecule is N#Cc1cccc(-c2cccc(N(CC34CCC(c5nc(C6CC6)no5)(CC3)CC4)C(=O)CC34CC(F)(C3)C4)c2)n1. The largest absolute Gasteiger partial charge is 0.339 e. The Morgan fingerprint density at radius 2 is 1.73 bits per heavy atom.